The number of hydrogen-bond donors (Lipinski definition) is 1. The van der Waals surface area contributed by atoms with Gasteiger partial charge in [0.25, 0.3) is 0 Å². The summed E-state index contributed by atoms with van der Waals surface area (Å²) >= 11 is 1.75. The largest absolute Gasteiger partial charge is 0.329 e. The van der Waals surface area contributed by atoms with E-state index in [-0.39, 0.29) is 0 Å². The fraction of sp³-hybridized carbons (Fsp3) is 0.538. The van der Waals surface area contributed by atoms with E-state index in [0.29, 0.717) is 0 Å². The molecule has 0 atom stereocenters. The number of hydrogen-bond acceptors (Lipinski definition) is 4. The van der Waals surface area contributed by atoms with Crippen LogP contribution in [0.15, 0.2) is 17.8 Å². The quantitative estimate of drug-likeness (QED) is 0.868. The average molecular weight is 262 g/mol. The standard InChI is InChI=1S/C13H18N4S/c1-2-12-14-5-6-17(12)8-11-9-18-13(16-11)7-15-10-3-4-10/h5-6,9-10,15H,2-4,7-8H2,1H3. The lowest BCUT2D eigenvalue weighted by atomic mass is 10.4. The molecular formula is C13H18N4S. The van der Waals surface area contributed by atoms with Crippen LogP contribution < -0.4 is 5.32 Å². The monoisotopic (exact) mass is 262 g/mol. The Morgan fingerprint density at radius 2 is 2.39 bits per heavy atom. The Bertz CT molecular complexity index is 513. The van der Waals surface area contributed by atoms with E-state index in [1.807, 2.05) is 12.4 Å². The van der Waals surface area contributed by atoms with Crippen LogP contribution in [0.5, 0.6) is 0 Å². The molecule has 96 valence electrons. The van der Waals surface area contributed by atoms with Crippen molar-refractivity contribution in [2.45, 2.75) is 45.3 Å². The SMILES string of the molecule is CCc1nccn1Cc1csc(CNC2CC2)n1. The van der Waals surface area contributed by atoms with Gasteiger partial charge < -0.3 is 9.88 Å². The van der Waals surface area contributed by atoms with Crippen molar-refractivity contribution in [3.8, 4) is 0 Å². The van der Waals surface area contributed by atoms with Gasteiger partial charge in [0.15, 0.2) is 0 Å². The van der Waals surface area contributed by atoms with E-state index in [9.17, 15) is 0 Å². The maximum absolute atomic E-state index is 4.67. The zero-order chi connectivity index (χ0) is 12.4. The van der Waals surface area contributed by atoms with Crippen LogP contribution in [0.2, 0.25) is 0 Å². The number of nitrogens with zero attached hydrogens (tertiary/aromatic N) is 3. The Balaban J connectivity index is 1.61. The number of thiazole rings is 1. The van der Waals surface area contributed by atoms with Crippen LogP contribution in [0.1, 0.15) is 36.3 Å². The summed E-state index contributed by atoms with van der Waals surface area (Å²) in [6.07, 6.45) is 7.51. The molecule has 0 saturated heterocycles. The van der Waals surface area contributed by atoms with Crippen LogP contribution in [0.4, 0.5) is 0 Å². The van der Waals surface area contributed by atoms with Crippen LogP contribution >= 0.6 is 11.3 Å². The highest BCUT2D eigenvalue weighted by atomic mass is 32.1. The van der Waals surface area contributed by atoms with Crippen molar-refractivity contribution < 1.29 is 0 Å². The molecule has 1 aliphatic carbocycles. The third-order valence-electron chi connectivity index (χ3n) is 3.17. The van der Waals surface area contributed by atoms with Gasteiger partial charge in [0.1, 0.15) is 10.8 Å². The van der Waals surface area contributed by atoms with E-state index >= 15 is 0 Å². The van der Waals surface area contributed by atoms with Crippen molar-refractivity contribution in [1.82, 2.24) is 19.9 Å². The van der Waals surface area contributed by atoms with Crippen molar-refractivity contribution >= 4 is 11.3 Å². The Morgan fingerprint density at radius 3 is 3.17 bits per heavy atom. The van der Waals surface area contributed by atoms with Gasteiger partial charge in [-0.2, -0.15) is 0 Å². The molecule has 3 rings (SSSR count). The van der Waals surface area contributed by atoms with Gasteiger partial charge in [0.05, 0.1) is 12.2 Å². The van der Waals surface area contributed by atoms with Gasteiger partial charge >= 0.3 is 0 Å². The van der Waals surface area contributed by atoms with E-state index in [1.165, 1.54) is 17.8 Å². The molecular weight excluding hydrogens is 244 g/mol. The molecule has 1 aliphatic rings. The predicted molar refractivity (Wildman–Crippen MR) is 72.7 cm³/mol. The molecule has 18 heavy (non-hydrogen) atoms. The van der Waals surface area contributed by atoms with E-state index in [4.69, 9.17) is 0 Å². The highest BCUT2D eigenvalue weighted by Gasteiger charge is 2.20. The number of aryl methyl sites for hydroxylation is 1. The van der Waals surface area contributed by atoms with Crippen LogP contribution in [0.25, 0.3) is 0 Å². The van der Waals surface area contributed by atoms with Gasteiger partial charge in [-0.15, -0.1) is 11.3 Å². The lowest BCUT2D eigenvalue weighted by molar-refractivity contribution is 0.675. The van der Waals surface area contributed by atoms with Crippen LogP contribution in [-0.2, 0) is 19.5 Å². The van der Waals surface area contributed by atoms with Gasteiger partial charge in [-0.3, -0.25) is 0 Å². The minimum absolute atomic E-state index is 0.748. The molecule has 0 aromatic carbocycles. The molecule has 2 aromatic rings. The maximum Gasteiger partial charge on any atom is 0.108 e. The summed E-state index contributed by atoms with van der Waals surface area (Å²) in [6, 6.07) is 0.748. The third-order valence-corrected chi connectivity index (χ3v) is 4.07. The van der Waals surface area contributed by atoms with E-state index < -0.39 is 0 Å². The molecule has 0 radical (unpaired) electrons. The first-order valence-electron chi connectivity index (χ1n) is 6.52. The first kappa shape index (κ1) is 11.9. The first-order chi connectivity index (χ1) is 8.85. The Morgan fingerprint density at radius 1 is 1.50 bits per heavy atom. The number of nitrogens with one attached hydrogen (secondary N) is 1. The fourth-order valence-electron chi connectivity index (χ4n) is 1.99. The minimum Gasteiger partial charge on any atom is -0.329 e. The fourth-order valence-corrected chi connectivity index (χ4v) is 2.73. The average Bonchev–Trinajstić information content (AvgIpc) is 2.93. The lowest BCUT2D eigenvalue weighted by Crippen LogP contribution is -2.15. The van der Waals surface area contributed by atoms with Gasteiger partial charge in [0.2, 0.25) is 0 Å². The summed E-state index contributed by atoms with van der Waals surface area (Å²) in [6.45, 7) is 3.88. The smallest absolute Gasteiger partial charge is 0.108 e. The molecule has 0 unspecified atom stereocenters. The van der Waals surface area contributed by atoms with Crippen molar-refractivity contribution in [2.24, 2.45) is 0 Å². The molecule has 2 aromatic heterocycles. The first-order valence-corrected chi connectivity index (χ1v) is 7.40. The third kappa shape index (κ3) is 2.79. The molecule has 0 aliphatic heterocycles. The van der Waals surface area contributed by atoms with Gasteiger partial charge in [-0.25, -0.2) is 9.97 Å². The van der Waals surface area contributed by atoms with E-state index in [2.05, 4.69) is 32.2 Å². The number of rotatable bonds is 6. The second-order valence-corrected chi connectivity index (χ2v) is 5.66. The molecule has 2 heterocycles. The number of imidazole rings is 1. The highest BCUT2D eigenvalue weighted by molar-refractivity contribution is 7.09. The molecule has 5 heteroatoms. The lowest BCUT2D eigenvalue weighted by Gasteiger charge is -2.03. The van der Waals surface area contributed by atoms with Crippen molar-refractivity contribution in [1.29, 1.82) is 0 Å². The van der Waals surface area contributed by atoms with Crippen LogP contribution in [0.3, 0.4) is 0 Å². The van der Waals surface area contributed by atoms with E-state index in [1.54, 1.807) is 11.3 Å². The topological polar surface area (TPSA) is 42.7 Å². The zero-order valence-corrected chi connectivity index (χ0v) is 11.4. The summed E-state index contributed by atoms with van der Waals surface area (Å²) < 4.78 is 2.17. The Labute approximate surface area is 111 Å². The molecule has 4 nitrogen and oxygen atoms in total. The number of aromatic nitrogens is 3. The molecule has 0 amide bonds. The Hall–Kier alpha value is -1.20. The van der Waals surface area contributed by atoms with Crippen LogP contribution in [-0.4, -0.2) is 20.6 Å². The molecule has 0 bridgehead atoms. The molecule has 1 saturated carbocycles. The molecule has 1 N–H and O–H groups in total. The minimum atomic E-state index is 0.748. The summed E-state index contributed by atoms with van der Waals surface area (Å²) in [4.78, 5) is 9.00. The second-order valence-electron chi connectivity index (χ2n) is 4.71. The molecule has 0 spiro atoms. The molecule has 1 fully saturated rings. The normalized spacial score (nSPS) is 15.2. The van der Waals surface area contributed by atoms with Crippen molar-refractivity contribution in [3.05, 3.63) is 34.3 Å². The zero-order valence-electron chi connectivity index (χ0n) is 10.6. The highest BCUT2D eigenvalue weighted by Crippen LogP contribution is 2.20. The second kappa shape index (κ2) is 5.20. The van der Waals surface area contributed by atoms with E-state index in [0.717, 1.165) is 37.1 Å². The summed E-state index contributed by atoms with van der Waals surface area (Å²) in [5.41, 5.74) is 1.14. The van der Waals surface area contributed by atoms with Crippen LogP contribution in [0, 0.1) is 0 Å². The summed E-state index contributed by atoms with van der Waals surface area (Å²) in [5, 5.41) is 6.84. The predicted octanol–water partition coefficient (Wildman–Crippen LogP) is 2.20. The van der Waals surface area contributed by atoms with Crippen molar-refractivity contribution in [2.75, 3.05) is 0 Å². The van der Waals surface area contributed by atoms with Gasteiger partial charge in [-0.05, 0) is 12.8 Å². The Kier molecular flexibility index (Phi) is 3.43. The summed E-state index contributed by atoms with van der Waals surface area (Å²) in [7, 11) is 0. The van der Waals surface area contributed by atoms with Crippen molar-refractivity contribution in [3.63, 3.8) is 0 Å². The van der Waals surface area contributed by atoms with Gasteiger partial charge in [0, 0.05) is 36.8 Å². The maximum atomic E-state index is 4.67. The van der Waals surface area contributed by atoms with Gasteiger partial charge in [-0.1, -0.05) is 6.92 Å². The summed E-state index contributed by atoms with van der Waals surface area (Å²) in [5.74, 6) is 1.13.